The van der Waals surface area contributed by atoms with Crippen molar-refractivity contribution >= 4 is 0 Å². The average molecular weight is 255 g/mol. The van der Waals surface area contributed by atoms with Crippen molar-refractivity contribution in [3.63, 3.8) is 0 Å². The summed E-state index contributed by atoms with van der Waals surface area (Å²) in [5.74, 6) is 1.56. The minimum absolute atomic E-state index is 0.541. The summed E-state index contributed by atoms with van der Waals surface area (Å²) in [6, 6.07) is 0.541. The third kappa shape index (κ3) is 3.67. The van der Waals surface area contributed by atoms with E-state index in [4.69, 9.17) is 10.5 Å². The van der Waals surface area contributed by atoms with Crippen molar-refractivity contribution < 1.29 is 4.74 Å². The molecule has 2 atom stereocenters. The van der Waals surface area contributed by atoms with Crippen LogP contribution in [0.5, 0.6) is 0 Å². The van der Waals surface area contributed by atoms with Gasteiger partial charge in [-0.3, -0.25) is 0 Å². The van der Waals surface area contributed by atoms with Gasteiger partial charge in [-0.1, -0.05) is 0 Å². The Morgan fingerprint density at radius 1 is 1.33 bits per heavy atom. The lowest BCUT2D eigenvalue weighted by Crippen LogP contribution is -2.47. The molecule has 0 aromatic rings. The predicted molar refractivity (Wildman–Crippen MR) is 74.6 cm³/mol. The maximum Gasteiger partial charge on any atom is 0.0469 e. The highest BCUT2D eigenvalue weighted by molar-refractivity contribution is 4.83. The van der Waals surface area contributed by atoms with Gasteiger partial charge in [-0.15, -0.1) is 0 Å². The van der Waals surface area contributed by atoms with Crippen molar-refractivity contribution in [2.45, 2.75) is 25.3 Å². The number of ether oxygens (including phenoxy) is 1. The summed E-state index contributed by atoms with van der Waals surface area (Å²) >= 11 is 0. The summed E-state index contributed by atoms with van der Waals surface area (Å²) in [6.07, 6.45) is 3.69. The van der Waals surface area contributed by atoms with Gasteiger partial charge in [0.2, 0.25) is 0 Å². The first kappa shape index (κ1) is 14.3. The second-order valence-electron chi connectivity index (χ2n) is 6.11. The van der Waals surface area contributed by atoms with Gasteiger partial charge in [0.25, 0.3) is 0 Å². The Labute approximate surface area is 111 Å². The monoisotopic (exact) mass is 255 g/mol. The lowest BCUT2D eigenvalue weighted by atomic mass is 9.90. The molecule has 0 radical (unpaired) electrons. The Bertz CT molecular complexity index is 243. The Hall–Kier alpha value is -0.160. The zero-order valence-corrected chi connectivity index (χ0v) is 12.0. The van der Waals surface area contributed by atoms with Crippen LogP contribution >= 0.6 is 0 Å². The first-order valence-corrected chi connectivity index (χ1v) is 7.37. The molecule has 2 heterocycles. The fraction of sp³-hybridized carbons (Fsp3) is 1.00. The fourth-order valence-electron chi connectivity index (χ4n) is 3.55. The molecule has 0 aliphatic carbocycles. The molecule has 0 bridgehead atoms. The van der Waals surface area contributed by atoms with E-state index in [1.165, 1.54) is 38.9 Å². The van der Waals surface area contributed by atoms with Crippen LogP contribution in [0.2, 0.25) is 0 Å². The van der Waals surface area contributed by atoms with Crippen LogP contribution in [0.25, 0.3) is 0 Å². The van der Waals surface area contributed by atoms with E-state index < -0.39 is 0 Å². The van der Waals surface area contributed by atoms with E-state index in [1.54, 1.807) is 0 Å². The van der Waals surface area contributed by atoms with Crippen molar-refractivity contribution in [1.29, 1.82) is 0 Å². The molecule has 106 valence electrons. The van der Waals surface area contributed by atoms with Crippen molar-refractivity contribution in [3.05, 3.63) is 0 Å². The molecule has 0 aromatic heterocycles. The predicted octanol–water partition coefficient (Wildman–Crippen LogP) is 0.624. The average Bonchev–Trinajstić information content (AvgIpc) is 2.77. The van der Waals surface area contributed by atoms with Gasteiger partial charge in [0, 0.05) is 38.9 Å². The fourth-order valence-corrected chi connectivity index (χ4v) is 3.55. The summed E-state index contributed by atoms with van der Waals surface area (Å²) < 4.78 is 5.46. The van der Waals surface area contributed by atoms with E-state index in [-0.39, 0.29) is 0 Å². The first-order valence-electron chi connectivity index (χ1n) is 7.37. The van der Waals surface area contributed by atoms with Crippen LogP contribution in [0.1, 0.15) is 19.3 Å². The molecule has 2 N–H and O–H groups in total. The smallest absolute Gasteiger partial charge is 0.0469 e. The third-order valence-electron chi connectivity index (χ3n) is 4.65. The van der Waals surface area contributed by atoms with Crippen LogP contribution in [0.15, 0.2) is 0 Å². The van der Waals surface area contributed by atoms with Crippen molar-refractivity contribution in [1.82, 2.24) is 9.80 Å². The lowest BCUT2D eigenvalue weighted by molar-refractivity contribution is 0.0309. The summed E-state index contributed by atoms with van der Waals surface area (Å²) in [7, 11) is 4.48. The molecule has 18 heavy (non-hydrogen) atoms. The number of nitrogens with zero attached hydrogens (tertiary/aromatic N) is 2. The minimum atomic E-state index is 0.541. The SMILES string of the molecule is CN1CCC(CN(C)C(CN)C2CCOCC2)C1. The topological polar surface area (TPSA) is 41.7 Å². The molecule has 0 saturated carbocycles. The molecule has 0 amide bonds. The minimum Gasteiger partial charge on any atom is -0.381 e. The highest BCUT2D eigenvalue weighted by atomic mass is 16.5. The van der Waals surface area contributed by atoms with Gasteiger partial charge in [-0.25, -0.2) is 0 Å². The number of likely N-dealkylation sites (tertiary alicyclic amines) is 1. The Balaban J connectivity index is 1.82. The highest BCUT2D eigenvalue weighted by Crippen LogP contribution is 2.23. The standard InChI is InChI=1S/C14H29N3O/c1-16-6-3-12(10-16)11-17(2)14(9-15)13-4-7-18-8-5-13/h12-14H,3-11,15H2,1-2H3. The summed E-state index contributed by atoms with van der Waals surface area (Å²) in [6.45, 7) is 6.31. The number of hydrogen-bond acceptors (Lipinski definition) is 4. The maximum absolute atomic E-state index is 6.01. The summed E-state index contributed by atoms with van der Waals surface area (Å²) in [5.41, 5.74) is 6.01. The van der Waals surface area contributed by atoms with E-state index in [0.717, 1.165) is 31.6 Å². The van der Waals surface area contributed by atoms with E-state index in [9.17, 15) is 0 Å². The van der Waals surface area contributed by atoms with Crippen LogP contribution in [-0.4, -0.2) is 69.3 Å². The molecule has 2 aliphatic rings. The zero-order valence-electron chi connectivity index (χ0n) is 12.0. The molecule has 2 aliphatic heterocycles. The van der Waals surface area contributed by atoms with Gasteiger partial charge in [-0.2, -0.15) is 0 Å². The van der Waals surface area contributed by atoms with Gasteiger partial charge in [0.1, 0.15) is 0 Å². The maximum atomic E-state index is 6.01. The Kier molecular flexibility index (Phi) is 5.42. The van der Waals surface area contributed by atoms with Gasteiger partial charge >= 0.3 is 0 Å². The number of hydrogen-bond donors (Lipinski definition) is 1. The first-order chi connectivity index (χ1) is 8.70. The van der Waals surface area contributed by atoms with Crippen LogP contribution in [0.3, 0.4) is 0 Å². The normalized spacial score (nSPS) is 29.0. The van der Waals surface area contributed by atoms with Gasteiger partial charge < -0.3 is 20.3 Å². The van der Waals surface area contributed by atoms with Gasteiger partial charge in [-0.05, 0) is 51.7 Å². The molecule has 2 saturated heterocycles. The molecule has 4 heteroatoms. The zero-order chi connectivity index (χ0) is 13.0. The van der Waals surface area contributed by atoms with Crippen molar-refractivity contribution in [3.8, 4) is 0 Å². The summed E-state index contributed by atoms with van der Waals surface area (Å²) in [5, 5.41) is 0. The molecule has 0 aromatic carbocycles. The quantitative estimate of drug-likeness (QED) is 0.782. The highest BCUT2D eigenvalue weighted by Gasteiger charge is 2.29. The molecule has 2 unspecified atom stereocenters. The lowest BCUT2D eigenvalue weighted by Gasteiger charge is -2.37. The number of rotatable bonds is 5. The van der Waals surface area contributed by atoms with Crippen LogP contribution in [0, 0.1) is 11.8 Å². The molecule has 2 fully saturated rings. The largest absolute Gasteiger partial charge is 0.381 e. The number of likely N-dealkylation sites (N-methyl/N-ethyl adjacent to an activating group) is 1. The molecular weight excluding hydrogens is 226 g/mol. The van der Waals surface area contributed by atoms with Crippen molar-refractivity contribution in [2.75, 3.05) is 53.5 Å². The summed E-state index contributed by atoms with van der Waals surface area (Å²) in [4.78, 5) is 4.95. The van der Waals surface area contributed by atoms with E-state index in [2.05, 4.69) is 23.9 Å². The van der Waals surface area contributed by atoms with E-state index in [0.29, 0.717) is 6.04 Å². The second-order valence-corrected chi connectivity index (χ2v) is 6.11. The third-order valence-corrected chi connectivity index (χ3v) is 4.65. The van der Waals surface area contributed by atoms with Crippen LogP contribution in [0.4, 0.5) is 0 Å². The van der Waals surface area contributed by atoms with Crippen LogP contribution in [-0.2, 0) is 4.74 Å². The van der Waals surface area contributed by atoms with E-state index >= 15 is 0 Å². The van der Waals surface area contributed by atoms with Gasteiger partial charge in [0.15, 0.2) is 0 Å². The molecule has 2 rings (SSSR count). The molecule has 0 spiro atoms. The molecular formula is C14H29N3O. The second kappa shape index (κ2) is 6.85. The van der Waals surface area contributed by atoms with Gasteiger partial charge in [0.05, 0.1) is 0 Å². The Morgan fingerprint density at radius 2 is 2.06 bits per heavy atom. The van der Waals surface area contributed by atoms with Crippen molar-refractivity contribution in [2.24, 2.45) is 17.6 Å². The van der Waals surface area contributed by atoms with E-state index in [1.807, 2.05) is 0 Å². The molecule has 4 nitrogen and oxygen atoms in total. The Morgan fingerprint density at radius 3 is 2.61 bits per heavy atom. The number of nitrogens with two attached hydrogens (primary N) is 1. The van der Waals surface area contributed by atoms with Crippen LogP contribution < -0.4 is 5.73 Å².